The van der Waals surface area contributed by atoms with Crippen molar-refractivity contribution < 1.29 is 5.11 Å². The predicted molar refractivity (Wildman–Crippen MR) is 61.9 cm³/mol. The van der Waals surface area contributed by atoms with Gasteiger partial charge in [0.1, 0.15) is 0 Å². The van der Waals surface area contributed by atoms with Gasteiger partial charge in [-0.3, -0.25) is 0 Å². The first-order valence-corrected chi connectivity index (χ1v) is 6.41. The quantitative estimate of drug-likeness (QED) is 0.724. The molecule has 0 aromatic carbocycles. The summed E-state index contributed by atoms with van der Waals surface area (Å²) in [5.74, 6) is 0.740. The van der Waals surface area contributed by atoms with E-state index in [0.717, 1.165) is 31.3 Å². The Hall–Kier alpha value is -0.120. The Kier molecular flexibility index (Phi) is 4.00. The van der Waals surface area contributed by atoms with Gasteiger partial charge in [-0.25, -0.2) is 0 Å². The van der Waals surface area contributed by atoms with Gasteiger partial charge in [-0.1, -0.05) is 6.92 Å². The SMILES string of the molecule is CCN1CCC(NCC2CC(O)C2)CC1. The lowest BCUT2D eigenvalue weighted by atomic mass is 9.82. The van der Waals surface area contributed by atoms with Crippen molar-refractivity contribution in [1.29, 1.82) is 0 Å². The van der Waals surface area contributed by atoms with Crippen molar-refractivity contribution in [2.45, 2.75) is 44.8 Å². The molecule has 0 radical (unpaired) electrons. The predicted octanol–water partition coefficient (Wildman–Crippen LogP) is 0.831. The zero-order valence-electron chi connectivity index (χ0n) is 9.78. The normalized spacial score (nSPS) is 34.0. The molecule has 1 saturated carbocycles. The minimum absolute atomic E-state index is 0.00117. The molecule has 88 valence electrons. The Bertz CT molecular complexity index is 184. The summed E-state index contributed by atoms with van der Waals surface area (Å²) in [7, 11) is 0. The van der Waals surface area contributed by atoms with Crippen LogP contribution in [0.1, 0.15) is 32.6 Å². The molecule has 0 bridgehead atoms. The summed E-state index contributed by atoms with van der Waals surface area (Å²) in [5, 5.41) is 12.8. The molecule has 0 amide bonds. The van der Waals surface area contributed by atoms with Gasteiger partial charge < -0.3 is 15.3 Å². The Morgan fingerprint density at radius 3 is 2.47 bits per heavy atom. The van der Waals surface area contributed by atoms with Crippen molar-refractivity contribution in [3.05, 3.63) is 0 Å². The molecule has 0 spiro atoms. The highest BCUT2D eigenvalue weighted by Gasteiger charge is 2.27. The average molecular weight is 212 g/mol. The number of nitrogens with zero attached hydrogens (tertiary/aromatic N) is 1. The summed E-state index contributed by atoms with van der Waals surface area (Å²) >= 11 is 0. The molecule has 1 saturated heterocycles. The summed E-state index contributed by atoms with van der Waals surface area (Å²) in [4.78, 5) is 2.52. The molecular weight excluding hydrogens is 188 g/mol. The van der Waals surface area contributed by atoms with E-state index in [-0.39, 0.29) is 6.10 Å². The standard InChI is InChI=1S/C12H24N2O/c1-2-14-5-3-11(4-6-14)13-9-10-7-12(15)8-10/h10-13,15H,2-9H2,1H3. The molecule has 2 fully saturated rings. The van der Waals surface area contributed by atoms with Crippen LogP contribution < -0.4 is 5.32 Å². The summed E-state index contributed by atoms with van der Waals surface area (Å²) in [5.41, 5.74) is 0. The fourth-order valence-electron chi connectivity index (χ4n) is 2.65. The average Bonchev–Trinajstić information content (AvgIpc) is 2.23. The van der Waals surface area contributed by atoms with Gasteiger partial charge in [-0.2, -0.15) is 0 Å². The highest BCUT2D eigenvalue weighted by Crippen LogP contribution is 2.26. The fourth-order valence-corrected chi connectivity index (χ4v) is 2.65. The van der Waals surface area contributed by atoms with E-state index in [0.29, 0.717) is 0 Å². The van der Waals surface area contributed by atoms with Crippen molar-refractivity contribution in [2.24, 2.45) is 5.92 Å². The molecule has 2 rings (SSSR count). The van der Waals surface area contributed by atoms with Crippen LogP contribution in [0.5, 0.6) is 0 Å². The Morgan fingerprint density at radius 2 is 1.93 bits per heavy atom. The number of piperidine rings is 1. The third kappa shape index (κ3) is 3.16. The topological polar surface area (TPSA) is 35.5 Å². The molecule has 0 unspecified atom stereocenters. The van der Waals surface area contributed by atoms with E-state index in [1.807, 2.05) is 0 Å². The zero-order chi connectivity index (χ0) is 10.7. The maximum atomic E-state index is 9.19. The van der Waals surface area contributed by atoms with Crippen LogP contribution in [0, 0.1) is 5.92 Å². The van der Waals surface area contributed by atoms with Crippen LogP contribution in [0.2, 0.25) is 0 Å². The van der Waals surface area contributed by atoms with E-state index >= 15 is 0 Å². The molecule has 3 nitrogen and oxygen atoms in total. The van der Waals surface area contributed by atoms with Crippen LogP contribution in [0.4, 0.5) is 0 Å². The largest absolute Gasteiger partial charge is 0.393 e. The summed E-state index contributed by atoms with van der Waals surface area (Å²) in [6, 6.07) is 0.727. The van der Waals surface area contributed by atoms with Crippen LogP contribution in [0.3, 0.4) is 0 Å². The van der Waals surface area contributed by atoms with E-state index in [9.17, 15) is 5.11 Å². The maximum Gasteiger partial charge on any atom is 0.0546 e. The monoisotopic (exact) mass is 212 g/mol. The molecule has 1 aliphatic heterocycles. The van der Waals surface area contributed by atoms with Crippen LogP contribution in [-0.2, 0) is 0 Å². The molecule has 0 aromatic heterocycles. The zero-order valence-corrected chi connectivity index (χ0v) is 9.78. The fraction of sp³-hybridized carbons (Fsp3) is 1.00. The molecule has 3 heteroatoms. The molecule has 0 atom stereocenters. The maximum absolute atomic E-state index is 9.19. The van der Waals surface area contributed by atoms with E-state index in [4.69, 9.17) is 0 Å². The first-order chi connectivity index (χ1) is 7.28. The third-order valence-corrected chi connectivity index (χ3v) is 3.94. The number of aliphatic hydroxyl groups is 1. The number of nitrogens with one attached hydrogen (secondary N) is 1. The Morgan fingerprint density at radius 1 is 1.27 bits per heavy atom. The summed E-state index contributed by atoms with van der Waals surface area (Å²) < 4.78 is 0. The third-order valence-electron chi connectivity index (χ3n) is 3.94. The van der Waals surface area contributed by atoms with Gasteiger partial charge in [0.25, 0.3) is 0 Å². The van der Waals surface area contributed by atoms with Crippen molar-refractivity contribution in [1.82, 2.24) is 10.2 Å². The Labute approximate surface area is 92.8 Å². The first-order valence-electron chi connectivity index (χ1n) is 6.41. The van der Waals surface area contributed by atoms with E-state index in [2.05, 4.69) is 17.1 Å². The molecule has 2 N–H and O–H groups in total. The molecule has 1 heterocycles. The van der Waals surface area contributed by atoms with Crippen molar-refractivity contribution >= 4 is 0 Å². The Balaban J connectivity index is 1.56. The van der Waals surface area contributed by atoms with E-state index in [1.165, 1.54) is 32.5 Å². The van der Waals surface area contributed by atoms with Crippen LogP contribution in [0.15, 0.2) is 0 Å². The lowest BCUT2D eigenvalue weighted by molar-refractivity contribution is 0.0405. The van der Waals surface area contributed by atoms with Crippen LogP contribution in [0.25, 0.3) is 0 Å². The van der Waals surface area contributed by atoms with Gasteiger partial charge in [0, 0.05) is 6.04 Å². The van der Waals surface area contributed by atoms with Crippen molar-refractivity contribution in [2.75, 3.05) is 26.2 Å². The number of hydrogen-bond acceptors (Lipinski definition) is 3. The number of aliphatic hydroxyl groups excluding tert-OH is 1. The van der Waals surface area contributed by atoms with E-state index < -0.39 is 0 Å². The molecule has 0 aromatic rings. The van der Waals surface area contributed by atoms with Crippen molar-refractivity contribution in [3.8, 4) is 0 Å². The van der Waals surface area contributed by atoms with Gasteiger partial charge in [-0.05, 0) is 57.8 Å². The van der Waals surface area contributed by atoms with Crippen molar-refractivity contribution in [3.63, 3.8) is 0 Å². The molecule has 15 heavy (non-hydrogen) atoms. The van der Waals surface area contributed by atoms with Gasteiger partial charge in [0.05, 0.1) is 6.10 Å². The lowest BCUT2D eigenvalue weighted by Crippen LogP contribution is -2.45. The van der Waals surface area contributed by atoms with Gasteiger partial charge in [-0.15, -0.1) is 0 Å². The smallest absolute Gasteiger partial charge is 0.0546 e. The highest BCUT2D eigenvalue weighted by molar-refractivity contribution is 4.83. The molecule has 1 aliphatic carbocycles. The first kappa shape index (κ1) is 11.4. The summed E-state index contributed by atoms with van der Waals surface area (Å²) in [6.45, 7) is 7.06. The van der Waals surface area contributed by atoms with Crippen LogP contribution >= 0.6 is 0 Å². The highest BCUT2D eigenvalue weighted by atomic mass is 16.3. The number of hydrogen-bond donors (Lipinski definition) is 2. The van der Waals surface area contributed by atoms with Gasteiger partial charge in [0.15, 0.2) is 0 Å². The number of likely N-dealkylation sites (tertiary alicyclic amines) is 1. The molecule has 2 aliphatic rings. The second-order valence-electron chi connectivity index (χ2n) is 5.11. The summed E-state index contributed by atoms with van der Waals surface area (Å²) in [6.07, 6.45) is 4.62. The lowest BCUT2D eigenvalue weighted by Gasteiger charge is -2.35. The van der Waals surface area contributed by atoms with Gasteiger partial charge in [0.2, 0.25) is 0 Å². The minimum atomic E-state index is -0.00117. The minimum Gasteiger partial charge on any atom is -0.393 e. The molecular formula is C12H24N2O. The second kappa shape index (κ2) is 5.28. The van der Waals surface area contributed by atoms with Crippen LogP contribution in [-0.4, -0.2) is 48.3 Å². The van der Waals surface area contributed by atoms with Gasteiger partial charge >= 0.3 is 0 Å². The number of rotatable bonds is 4. The second-order valence-corrected chi connectivity index (χ2v) is 5.11. The van der Waals surface area contributed by atoms with E-state index in [1.54, 1.807) is 0 Å².